The maximum Gasteiger partial charge on any atom is 0.250 e. The number of ketones is 1. The summed E-state index contributed by atoms with van der Waals surface area (Å²) < 4.78 is 0. The molecule has 0 saturated carbocycles. The highest BCUT2D eigenvalue weighted by Gasteiger charge is 2.13. The lowest BCUT2D eigenvalue weighted by atomic mass is 9.99. The molecule has 0 atom stereocenters. The molecule has 0 aliphatic rings. The molecule has 0 aliphatic carbocycles. The van der Waals surface area contributed by atoms with Crippen molar-refractivity contribution in [1.29, 1.82) is 0 Å². The Morgan fingerprint density at radius 1 is 0.879 bits per heavy atom. The highest BCUT2D eigenvalue weighted by atomic mass is 16.1. The van der Waals surface area contributed by atoms with E-state index in [-0.39, 0.29) is 5.78 Å². The van der Waals surface area contributed by atoms with Crippen LogP contribution in [0.2, 0.25) is 0 Å². The molecule has 0 radical (unpaired) electrons. The molecular weight excluding hydrogens is 414 g/mol. The first-order chi connectivity index (χ1) is 16.1. The summed E-state index contributed by atoms with van der Waals surface area (Å²) in [5.41, 5.74) is 9.96. The van der Waals surface area contributed by atoms with Crippen LogP contribution in [-0.4, -0.2) is 26.6 Å². The number of nitrogens with one attached hydrogen (secondary N) is 2. The minimum Gasteiger partial charge on any atom is -0.366 e. The first-order valence-electron chi connectivity index (χ1n) is 10.5. The van der Waals surface area contributed by atoms with Crippen molar-refractivity contribution in [2.75, 3.05) is 5.32 Å². The van der Waals surface area contributed by atoms with Crippen LogP contribution in [0.3, 0.4) is 0 Å². The van der Waals surface area contributed by atoms with Crippen LogP contribution in [-0.2, 0) is 13.0 Å². The van der Waals surface area contributed by atoms with Crippen LogP contribution in [0.4, 0.5) is 5.82 Å². The molecule has 1 amide bonds. The van der Waals surface area contributed by atoms with E-state index >= 15 is 0 Å². The number of fused-ring (bicyclic) bond motifs is 2. The number of rotatable bonds is 7. The molecule has 33 heavy (non-hydrogen) atoms. The van der Waals surface area contributed by atoms with E-state index in [4.69, 9.17) is 5.73 Å². The van der Waals surface area contributed by atoms with Gasteiger partial charge in [0.15, 0.2) is 5.78 Å². The van der Waals surface area contributed by atoms with Crippen molar-refractivity contribution in [3.8, 4) is 0 Å². The van der Waals surface area contributed by atoms with Crippen molar-refractivity contribution in [2.45, 2.75) is 13.0 Å². The Kier molecular flexibility index (Phi) is 5.28. The maximum absolute atomic E-state index is 13.0. The first kappa shape index (κ1) is 20.4. The molecule has 3 aromatic carbocycles. The molecule has 7 nitrogen and oxygen atoms in total. The van der Waals surface area contributed by atoms with Gasteiger partial charge in [-0.15, -0.1) is 0 Å². The van der Waals surface area contributed by atoms with E-state index in [9.17, 15) is 9.59 Å². The van der Waals surface area contributed by atoms with E-state index in [0.717, 1.165) is 33.0 Å². The number of H-pyrrole nitrogens is 1. The van der Waals surface area contributed by atoms with Crippen molar-refractivity contribution in [2.24, 2.45) is 5.73 Å². The topological polar surface area (TPSA) is 114 Å². The summed E-state index contributed by atoms with van der Waals surface area (Å²) in [7, 11) is 0. The predicted molar refractivity (Wildman–Crippen MR) is 128 cm³/mol. The molecule has 0 bridgehead atoms. The fourth-order valence-electron chi connectivity index (χ4n) is 4.07. The van der Waals surface area contributed by atoms with Crippen molar-refractivity contribution >= 4 is 39.3 Å². The zero-order valence-electron chi connectivity index (χ0n) is 17.7. The zero-order valence-corrected chi connectivity index (χ0v) is 17.7. The van der Waals surface area contributed by atoms with Crippen LogP contribution in [0, 0.1) is 0 Å². The van der Waals surface area contributed by atoms with Crippen LogP contribution in [0.25, 0.3) is 21.8 Å². The molecule has 7 heteroatoms. The number of carbonyl (C=O) groups is 2. The molecule has 4 N–H and O–H groups in total. The lowest BCUT2D eigenvalue weighted by molar-refractivity contribution is 0.0989. The molecule has 0 aliphatic heterocycles. The van der Waals surface area contributed by atoms with E-state index in [0.29, 0.717) is 29.9 Å². The number of nitrogens with two attached hydrogens (primary N) is 1. The molecule has 5 rings (SSSR count). The number of aromatic nitrogens is 3. The van der Waals surface area contributed by atoms with Crippen LogP contribution < -0.4 is 11.1 Å². The van der Waals surface area contributed by atoms with Gasteiger partial charge in [0.25, 0.3) is 5.91 Å². The van der Waals surface area contributed by atoms with Crippen LogP contribution in [0.5, 0.6) is 0 Å². The maximum atomic E-state index is 13.0. The van der Waals surface area contributed by atoms with Crippen LogP contribution in [0.15, 0.2) is 79.3 Å². The quantitative estimate of drug-likeness (QED) is 0.331. The summed E-state index contributed by atoms with van der Waals surface area (Å²) in [5, 5.41) is 4.97. The average molecular weight is 435 g/mol. The average Bonchev–Trinajstić information content (AvgIpc) is 3.31. The van der Waals surface area contributed by atoms with Gasteiger partial charge in [0.2, 0.25) is 0 Å². The number of hydrogen-bond acceptors (Lipinski definition) is 5. The van der Waals surface area contributed by atoms with Gasteiger partial charge in [0.1, 0.15) is 12.1 Å². The van der Waals surface area contributed by atoms with E-state index in [1.165, 1.54) is 6.33 Å². The van der Waals surface area contributed by atoms with Gasteiger partial charge >= 0.3 is 0 Å². The van der Waals surface area contributed by atoms with Gasteiger partial charge in [-0.1, -0.05) is 42.5 Å². The Hall–Kier alpha value is -4.52. The monoisotopic (exact) mass is 435 g/mol. The van der Waals surface area contributed by atoms with Gasteiger partial charge in [-0.05, 0) is 35.4 Å². The van der Waals surface area contributed by atoms with Crippen molar-refractivity contribution < 1.29 is 9.59 Å². The minimum atomic E-state index is -0.530. The Labute approximate surface area is 189 Å². The fraction of sp³-hybridized carbons (Fsp3) is 0.0769. The zero-order chi connectivity index (χ0) is 22.8. The van der Waals surface area contributed by atoms with Gasteiger partial charge in [-0.25, -0.2) is 9.97 Å². The summed E-state index contributed by atoms with van der Waals surface area (Å²) in [6, 6.07) is 20.8. The fourth-order valence-corrected chi connectivity index (χ4v) is 4.07. The highest BCUT2D eigenvalue weighted by Crippen LogP contribution is 2.23. The Morgan fingerprint density at radius 2 is 1.67 bits per heavy atom. The number of anilines is 1. The number of amides is 1. The minimum absolute atomic E-state index is 0.0751. The predicted octanol–water partition coefficient (Wildman–Crippen LogP) is 4.25. The molecule has 0 unspecified atom stereocenters. The third-order valence-electron chi connectivity index (χ3n) is 5.64. The first-order valence-corrected chi connectivity index (χ1v) is 10.5. The van der Waals surface area contributed by atoms with E-state index in [1.807, 2.05) is 60.8 Å². The lowest BCUT2D eigenvalue weighted by Crippen LogP contribution is -2.12. The van der Waals surface area contributed by atoms with Crippen LogP contribution >= 0.6 is 0 Å². The Morgan fingerprint density at radius 3 is 2.55 bits per heavy atom. The Balaban J connectivity index is 1.34. The number of carbonyl (C=O) groups excluding carboxylic acids is 2. The molecular formula is C26H21N5O2. The third kappa shape index (κ3) is 4.04. The van der Waals surface area contributed by atoms with Crippen LogP contribution in [0.1, 0.15) is 31.8 Å². The molecule has 0 fully saturated rings. The summed E-state index contributed by atoms with van der Waals surface area (Å²) in [5.74, 6) is 0.160. The number of aromatic amines is 1. The number of para-hydroxylation sites is 1. The normalized spacial score (nSPS) is 11.0. The number of Topliss-reactive ketones (excluding diaryl/α,β-unsaturated/α-hetero) is 1. The standard InChI is InChI=1S/C26H21N5O2/c27-25(33)20-7-2-8-21-24(20)30-15-31-26(21)29-14-17-5-1-4-16(12-17)13-23(32)19-6-3-9-22-18(19)10-11-28-22/h1-12,15,28H,13-14H2,(H2,27,33)(H,29,30,31). The second-order valence-corrected chi connectivity index (χ2v) is 7.81. The molecule has 162 valence electrons. The number of primary amides is 1. The molecule has 0 spiro atoms. The molecule has 0 saturated heterocycles. The molecule has 2 aromatic heterocycles. The summed E-state index contributed by atoms with van der Waals surface area (Å²) in [4.78, 5) is 36.4. The van der Waals surface area contributed by atoms with Crippen molar-refractivity contribution in [3.05, 3.63) is 102 Å². The number of nitrogens with zero attached hydrogens (tertiary/aromatic N) is 2. The van der Waals surface area contributed by atoms with Crippen molar-refractivity contribution in [3.63, 3.8) is 0 Å². The van der Waals surface area contributed by atoms with Gasteiger partial charge in [0, 0.05) is 41.0 Å². The van der Waals surface area contributed by atoms with E-state index in [1.54, 1.807) is 12.1 Å². The molecule has 5 aromatic rings. The Bertz CT molecular complexity index is 1510. The lowest BCUT2D eigenvalue weighted by Gasteiger charge is -2.11. The van der Waals surface area contributed by atoms with E-state index in [2.05, 4.69) is 20.3 Å². The smallest absolute Gasteiger partial charge is 0.250 e. The van der Waals surface area contributed by atoms with Gasteiger partial charge in [0.05, 0.1) is 11.1 Å². The van der Waals surface area contributed by atoms with Gasteiger partial charge in [-0.2, -0.15) is 0 Å². The highest BCUT2D eigenvalue weighted by molar-refractivity contribution is 6.08. The van der Waals surface area contributed by atoms with E-state index < -0.39 is 5.91 Å². The number of benzene rings is 3. The second-order valence-electron chi connectivity index (χ2n) is 7.81. The summed E-state index contributed by atoms with van der Waals surface area (Å²) in [6.45, 7) is 0.502. The second kappa shape index (κ2) is 8.55. The van der Waals surface area contributed by atoms with Gasteiger partial charge < -0.3 is 16.0 Å². The number of hydrogen-bond donors (Lipinski definition) is 3. The summed E-state index contributed by atoms with van der Waals surface area (Å²) >= 11 is 0. The largest absolute Gasteiger partial charge is 0.366 e. The summed E-state index contributed by atoms with van der Waals surface area (Å²) in [6.07, 6.45) is 3.57. The molecule has 2 heterocycles. The van der Waals surface area contributed by atoms with Crippen molar-refractivity contribution in [1.82, 2.24) is 15.0 Å². The SMILES string of the molecule is NC(=O)c1cccc2c(NCc3cccc(CC(=O)c4cccc5[nH]ccc45)c3)ncnc12. The van der Waals surface area contributed by atoms with Gasteiger partial charge in [-0.3, -0.25) is 9.59 Å². The third-order valence-corrected chi connectivity index (χ3v) is 5.64.